The van der Waals surface area contributed by atoms with Crippen LogP contribution < -0.4 is 10.2 Å². The van der Waals surface area contributed by atoms with Crippen LogP contribution in [0.15, 0.2) is 30.9 Å². The Hall–Kier alpha value is -1.79. The maximum Gasteiger partial charge on any atom is 0.488 e. The lowest BCUT2D eigenvalue weighted by Gasteiger charge is -2.11. The molecule has 0 spiro atoms. The lowest BCUT2D eigenvalue weighted by Crippen LogP contribution is -2.30. The molecule has 0 heterocycles. The van der Waals surface area contributed by atoms with Crippen molar-refractivity contribution in [1.29, 1.82) is 0 Å². The number of hydrogen-bond donors (Lipinski definition) is 2. The summed E-state index contributed by atoms with van der Waals surface area (Å²) in [6, 6.07) is 4.27. The molecule has 0 radical (unpaired) electrons. The quantitative estimate of drug-likeness (QED) is 0.324. The Labute approximate surface area is 106 Å². The van der Waals surface area contributed by atoms with E-state index in [9.17, 15) is 4.79 Å². The predicted octanol–water partition coefficient (Wildman–Crippen LogP) is 0.108. The van der Waals surface area contributed by atoms with Gasteiger partial charge in [-0.2, -0.15) is 0 Å². The fourth-order valence-corrected chi connectivity index (χ4v) is 1.35. The Kier molecular flexibility index (Phi) is 5.42. The number of carbonyl (C=O) groups is 1. The fraction of sp³-hybridized carbons (Fsp3) is 0.250. The molecule has 5 nitrogen and oxygen atoms in total. The van der Waals surface area contributed by atoms with Crippen LogP contribution in [0.25, 0.3) is 0 Å². The van der Waals surface area contributed by atoms with Gasteiger partial charge in [0.2, 0.25) is 0 Å². The maximum atomic E-state index is 11.5. The van der Waals surface area contributed by atoms with Gasteiger partial charge >= 0.3 is 13.1 Å². The Bertz CT molecular complexity index is 430. The summed E-state index contributed by atoms with van der Waals surface area (Å²) < 4.78 is 10.0. The van der Waals surface area contributed by atoms with Gasteiger partial charge in [-0.1, -0.05) is 12.1 Å². The van der Waals surface area contributed by atoms with E-state index < -0.39 is 13.1 Å². The van der Waals surface area contributed by atoms with Crippen LogP contribution in [0, 0.1) is 0 Å². The molecule has 0 aliphatic heterocycles. The summed E-state index contributed by atoms with van der Waals surface area (Å²) in [7, 11) is -0.344. The molecule has 0 bridgehead atoms. The molecule has 0 amide bonds. The summed E-state index contributed by atoms with van der Waals surface area (Å²) in [5.41, 5.74) is 0.488. The second-order valence-corrected chi connectivity index (χ2v) is 3.55. The minimum Gasteiger partial charge on any atom is -0.492 e. The average Bonchev–Trinajstić information content (AvgIpc) is 2.38. The number of ether oxygens (including phenoxy) is 2. The topological polar surface area (TPSA) is 76.0 Å². The van der Waals surface area contributed by atoms with E-state index in [1.54, 1.807) is 6.08 Å². The molecule has 0 saturated heterocycles. The third-order valence-corrected chi connectivity index (χ3v) is 2.29. The molecule has 0 saturated carbocycles. The largest absolute Gasteiger partial charge is 0.492 e. The van der Waals surface area contributed by atoms with Crippen molar-refractivity contribution in [3.8, 4) is 5.75 Å². The van der Waals surface area contributed by atoms with Crippen LogP contribution in [-0.2, 0) is 4.74 Å². The molecular weight excluding hydrogens is 235 g/mol. The van der Waals surface area contributed by atoms with E-state index in [0.29, 0.717) is 13.0 Å². The molecule has 1 aromatic carbocycles. The van der Waals surface area contributed by atoms with Crippen molar-refractivity contribution in [3.63, 3.8) is 0 Å². The lowest BCUT2D eigenvalue weighted by atomic mass is 9.80. The second-order valence-electron chi connectivity index (χ2n) is 3.55. The van der Waals surface area contributed by atoms with Crippen LogP contribution in [-0.4, -0.2) is 36.9 Å². The number of carbonyl (C=O) groups excluding carboxylic acids is 1. The van der Waals surface area contributed by atoms with Gasteiger partial charge in [-0.3, -0.25) is 0 Å². The molecule has 18 heavy (non-hydrogen) atoms. The Morgan fingerprint density at radius 1 is 1.50 bits per heavy atom. The van der Waals surface area contributed by atoms with Crippen molar-refractivity contribution < 1.29 is 24.3 Å². The second kappa shape index (κ2) is 6.83. The first-order valence-electron chi connectivity index (χ1n) is 5.42. The number of hydrogen-bond acceptors (Lipinski definition) is 5. The van der Waals surface area contributed by atoms with Crippen molar-refractivity contribution in [1.82, 2.24) is 0 Å². The van der Waals surface area contributed by atoms with E-state index in [4.69, 9.17) is 14.8 Å². The van der Waals surface area contributed by atoms with Crippen molar-refractivity contribution >= 4 is 18.6 Å². The molecule has 0 unspecified atom stereocenters. The molecule has 1 rings (SSSR count). The summed E-state index contributed by atoms with van der Waals surface area (Å²) in [4.78, 5) is 11.5. The molecule has 0 aliphatic carbocycles. The van der Waals surface area contributed by atoms with Crippen molar-refractivity contribution in [2.24, 2.45) is 0 Å². The molecular formula is C12H15BO5. The van der Waals surface area contributed by atoms with Gasteiger partial charge in [-0.15, -0.1) is 6.58 Å². The van der Waals surface area contributed by atoms with Gasteiger partial charge in [-0.05, 0) is 24.0 Å². The Morgan fingerprint density at radius 3 is 2.78 bits per heavy atom. The summed E-state index contributed by atoms with van der Waals surface area (Å²) in [5.74, 6) is -0.281. The molecule has 0 aliphatic rings. The monoisotopic (exact) mass is 250 g/mol. The van der Waals surface area contributed by atoms with Crippen molar-refractivity contribution in [3.05, 3.63) is 36.4 Å². The van der Waals surface area contributed by atoms with Crippen LogP contribution >= 0.6 is 0 Å². The van der Waals surface area contributed by atoms with Crippen LogP contribution in [0.2, 0.25) is 0 Å². The van der Waals surface area contributed by atoms with E-state index in [1.807, 2.05) is 0 Å². The van der Waals surface area contributed by atoms with Crippen LogP contribution in [0.4, 0.5) is 0 Å². The molecule has 96 valence electrons. The first-order valence-corrected chi connectivity index (χ1v) is 5.42. The summed E-state index contributed by atoms with van der Waals surface area (Å²) in [6.45, 7) is 3.91. The third kappa shape index (κ3) is 3.61. The zero-order chi connectivity index (χ0) is 13.5. The van der Waals surface area contributed by atoms with Gasteiger partial charge in [0, 0.05) is 0 Å². The van der Waals surface area contributed by atoms with Gasteiger partial charge in [0.15, 0.2) is 0 Å². The highest BCUT2D eigenvalue weighted by molar-refractivity contribution is 6.58. The maximum absolute atomic E-state index is 11.5. The smallest absolute Gasteiger partial charge is 0.488 e. The number of methoxy groups -OCH3 is 1. The van der Waals surface area contributed by atoms with Gasteiger partial charge in [0.1, 0.15) is 11.3 Å². The first-order chi connectivity index (χ1) is 8.60. The summed E-state index contributed by atoms with van der Waals surface area (Å²) in [6.07, 6.45) is 2.30. The van der Waals surface area contributed by atoms with Gasteiger partial charge < -0.3 is 19.5 Å². The highest BCUT2D eigenvalue weighted by Gasteiger charge is 2.18. The zero-order valence-corrected chi connectivity index (χ0v) is 10.1. The zero-order valence-electron chi connectivity index (χ0n) is 10.1. The first kappa shape index (κ1) is 14.3. The Balaban J connectivity index is 3.01. The van der Waals surface area contributed by atoms with E-state index in [-0.39, 0.29) is 16.8 Å². The molecule has 0 atom stereocenters. The summed E-state index contributed by atoms with van der Waals surface area (Å²) in [5, 5.41) is 18.1. The molecule has 6 heteroatoms. The number of rotatable bonds is 6. The third-order valence-electron chi connectivity index (χ3n) is 2.29. The highest BCUT2D eigenvalue weighted by atomic mass is 16.5. The van der Waals surface area contributed by atoms with E-state index in [0.717, 1.165) is 0 Å². The normalized spacial score (nSPS) is 9.72. The van der Waals surface area contributed by atoms with Gasteiger partial charge in [0.25, 0.3) is 0 Å². The minimum absolute atomic E-state index is 0.242. The number of esters is 1. The van der Waals surface area contributed by atoms with Crippen molar-refractivity contribution in [2.75, 3.05) is 13.7 Å². The van der Waals surface area contributed by atoms with Crippen molar-refractivity contribution in [2.45, 2.75) is 6.42 Å². The SMILES string of the molecule is C=CCCOc1cc(B(O)O)ccc1C(=O)OC. The highest BCUT2D eigenvalue weighted by Crippen LogP contribution is 2.18. The van der Waals surface area contributed by atoms with Gasteiger partial charge in [-0.25, -0.2) is 4.79 Å². The van der Waals surface area contributed by atoms with Gasteiger partial charge in [0.05, 0.1) is 13.7 Å². The summed E-state index contributed by atoms with van der Waals surface area (Å²) >= 11 is 0. The molecule has 0 fully saturated rings. The molecule has 1 aromatic rings. The van der Waals surface area contributed by atoms with Crippen LogP contribution in [0.1, 0.15) is 16.8 Å². The van der Waals surface area contributed by atoms with E-state index in [1.165, 1.54) is 25.3 Å². The molecule has 2 N–H and O–H groups in total. The van der Waals surface area contributed by atoms with E-state index in [2.05, 4.69) is 11.3 Å². The minimum atomic E-state index is -1.61. The van der Waals surface area contributed by atoms with E-state index >= 15 is 0 Å². The average molecular weight is 250 g/mol. The standard InChI is InChI=1S/C12H15BO5/c1-3-4-7-18-11-8-9(13(15)16)5-6-10(11)12(14)17-2/h3,5-6,8,15-16H,1,4,7H2,2H3. The Morgan fingerprint density at radius 2 is 2.22 bits per heavy atom. The number of benzene rings is 1. The van der Waals surface area contributed by atoms with Crippen LogP contribution in [0.5, 0.6) is 5.75 Å². The molecule has 0 aromatic heterocycles. The van der Waals surface area contributed by atoms with Crippen LogP contribution in [0.3, 0.4) is 0 Å². The predicted molar refractivity (Wildman–Crippen MR) is 67.9 cm³/mol. The lowest BCUT2D eigenvalue weighted by molar-refractivity contribution is 0.0596. The fourth-order valence-electron chi connectivity index (χ4n) is 1.35.